The number of nitrogens with zero attached hydrogens (tertiary/aromatic N) is 1. The van der Waals surface area contributed by atoms with E-state index in [4.69, 9.17) is 15.2 Å². The number of piperidine rings is 1. The molecule has 1 aromatic carbocycles. The van der Waals surface area contributed by atoms with Gasteiger partial charge in [-0.3, -0.25) is 19.7 Å². The van der Waals surface area contributed by atoms with E-state index in [9.17, 15) is 19.5 Å². The Morgan fingerprint density at radius 1 is 1.26 bits per heavy atom. The molecule has 2 heterocycles. The summed E-state index contributed by atoms with van der Waals surface area (Å²) in [6, 6.07) is 4.65. The fraction of sp³-hybridized carbons (Fsp3) is 0.500. The monoisotopic (exact) mass is 429 g/mol. The number of amides is 3. The summed E-state index contributed by atoms with van der Waals surface area (Å²) < 4.78 is 10.6. The van der Waals surface area contributed by atoms with E-state index in [2.05, 4.69) is 17.2 Å². The van der Waals surface area contributed by atoms with E-state index >= 15 is 0 Å². The molecular formula is C22H27N3O6. The number of nitrogens with two attached hydrogens (primary N) is 1. The smallest absolute Gasteiger partial charge is 0.255 e. The van der Waals surface area contributed by atoms with Crippen LogP contribution in [0.2, 0.25) is 0 Å². The highest BCUT2D eigenvalue weighted by Crippen LogP contribution is 2.28. The molecule has 1 fully saturated rings. The van der Waals surface area contributed by atoms with E-state index in [1.54, 1.807) is 12.1 Å². The standard InChI is InChI=1S/C22H27N3O6/c23-8-2-10-31-14-17(26)13-30-9-1-3-15-4-5-18-16(11-15)12-25(22(18)29)19-6-7-20(27)24-21(19)28/h4-5,11,17,19,26H,2,6-10,12-14,23H2,(H,24,27,28). The minimum atomic E-state index is -0.719. The SMILES string of the molecule is NCCCOCC(O)COCC#Cc1ccc2c(c1)CN(C1CCC(=O)NC1=O)C2=O. The van der Waals surface area contributed by atoms with Gasteiger partial charge in [0.2, 0.25) is 11.8 Å². The Morgan fingerprint density at radius 3 is 2.84 bits per heavy atom. The number of aliphatic hydroxyl groups excluding tert-OH is 1. The van der Waals surface area contributed by atoms with Crippen molar-refractivity contribution in [3.63, 3.8) is 0 Å². The fourth-order valence-corrected chi connectivity index (χ4v) is 3.49. The summed E-state index contributed by atoms with van der Waals surface area (Å²) in [6.07, 6.45) is 0.584. The number of hydrogen-bond donors (Lipinski definition) is 3. The van der Waals surface area contributed by atoms with Crippen molar-refractivity contribution in [3.05, 3.63) is 34.9 Å². The maximum absolute atomic E-state index is 12.7. The van der Waals surface area contributed by atoms with Gasteiger partial charge in [-0.2, -0.15) is 0 Å². The highest BCUT2D eigenvalue weighted by atomic mass is 16.5. The van der Waals surface area contributed by atoms with Crippen LogP contribution in [-0.2, 0) is 25.6 Å². The molecule has 31 heavy (non-hydrogen) atoms. The molecule has 0 aromatic heterocycles. The zero-order valence-corrected chi connectivity index (χ0v) is 17.3. The van der Waals surface area contributed by atoms with Crippen LogP contribution in [0.1, 0.15) is 40.7 Å². The average molecular weight is 429 g/mol. The van der Waals surface area contributed by atoms with E-state index in [0.29, 0.717) is 31.7 Å². The van der Waals surface area contributed by atoms with E-state index < -0.39 is 18.1 Å². The second kappa shape index (κ2) is 11.0. The topological polar surface area (TPSA) is 131 Å². The van der Waals surface area contributed by atoms with Crippen molar-refractivity contribution < 1.29 is 29.0 Å². The molecule has 2 aliphatic heterocycles. The van der Waals surface area contributed by atoms with Gasteiger partial charge in [0.15, 0.2) is 0 Å². The molecule has 1 saturated heterocycles. The van der Waals surface area contributed by atoms with Crippen molar-refractivity contribution in [2.45, 2.75) is 38.0 Å². The molecule has 0 bridgehead atoms. The Kier molecular flexibility index (Phi) is 8.14. The molecule has 2 atom stereocenters. The van der Waals surface area contributed by atoms with Gasteiger partial charge in [-0.15, -0.1) is 0 Å². The van der Waals surface area contributed by atoms with Gasteiger partial charge >= 0.3 is 0 Å². The highest BCUT2D eigenvalue weighted by molar-refractivity contribution is 6.05. The van der Waals surface area contributed by atoms with E-state index in [-0.39, 0.29) is 38.1 Å². The summed E-state index contributed by atoms with van der Waals surface area (Å²) in [5.74, 6) is 4.91. The number of imide groups is 1. The van der Waals surface area contributed by atoms with Gasteiger partial charge < -0.3 is 25.2 Å². The lowest BCUT2D eigenvalue weighted by molar-refractivity contribution is -0.136. The number of carbonyl (C=O) groups excluding carboxylic acids is 3. The Morgan fingerprint density at radius 2 is 2.06 bits per heavy atom. The molecule has 3 rings (SSSR count). The van der Waals surface area contributed by atoms with E-state index in [0.717, 1.165) is 17.5 Å². The summed E-state index contributed by atoms with van der Waals surface area (Å²) in [4.78, 5) is 37.6. The van der Waals surface area contributed by atoms with Crippen LogP contribution < -0.4 is 11.1 Å². The maximum Gasteiger partial charge on any atom is 0.255 e. The van der Waals surface area contributed by atoms with Crippen LogP contribution >= 0.6 is 0 Å². The molecule has 2 aliphatic rings. The quantitative estimate of drug-likeness (QED) is 0.275. The van der Waals surface area contributed by atoms with Gasteiger partial charge in [0.25, 0.3) is 5.91 Å². The Hall–Kier alpha value is -2.77. The van der Waals surface area contributed by atoms with Crippen molar-refractivity contribution in [1.82, 2.24) is 10.2 Å². The van der Waals surface area contributed by atoms with Crippen LogP contribution in [0.25, 0.3) is 0 Å². The number of carbonyl (C=O) groups is 3. The van der Waals surface area contributed by atoms with Crippen LogP contribution in [0.3, 0.4) is 0 Å². The molecule has 2 unspecified atom stereocenters. The number of hydrogen-bond acceptors (Lipinski definition) is 7. The molecule has 0 saturated carbocycles. The van der Waals surface area contributed by atoms with E-state index in [1.807, 2.05) is 6.07 Å². The van der Waals surface area contributed by atoms with Crippen LogP contribution in [0.4, 0.5) is 0 Å². The number of benzene rings is 1. The van der Waals surface area contributed by atoms with Gasteiger partial charge in [0.05, 0.1) is 13.2 Å². The highest BCUT2D eigenvalue weighted by Gasteiger charge is 2.38. The number of ether oxygens (including phenoxy) is 2. The first kappa shape index (κ1) is 22.9. The summed E-state index contributed by atoms with van der Waals surface area (Å²) in [7, 11) is 0. The largest absolute Gasteiger partial charge is 0.388 e. The molecule has 0 radical (unpaired) electrons. The van der Waals surface area contributed by atoms with E-state index in [1.165, 1.54) is 4.90 Å². The predicted molar refractivity (Wildman–Crippen MR) is 111 cm³/mol. The molecule has 4 N–H and O–H groups in total. The molecule has 166 valence electrons. The molecule has 3 amide bonds. The minimum Gasteiger partial charge on any atom is -0.388 e. The zero-order valence-electron chi connectivity index (χ0n) is 17.3. The van der Waals surface area contributed by atoms with Crippen LogP contribution in [-0.4, -0.2) is 72.8 Å². The number of rotatable bonds is 9. The molecule has 0 spiro atoms. The normalized spacial score (nSPS) is 19.0. The first-order valence-electron chi connectivity index (χ1n) is 10.3. The van der Waals surface area contributed by atoms with Crippen LogP contribution in [0.15, 0.2) is 18.2 Å². The summed E-state index contributed by atoms with van der Waals surface area (Å²) in [5.41, 5.74) is 7.44. The van der Waals surface area contributed by atoms with Crippen LogP contribution in [0, 0.1) is 11.8 Å². The van der Waals surface area contributed by atoms with Crippen molar-refractivity contribution in [3.8, 4) is 11.8 Å². The van der Waals surface area contributed by atoms with Crippen molar-refractivity contribution in [2.75, 3.05) is 33.0 Å². The first-order valence-corrected chi connectivity index (χ1v) is 10.3. The lowest BCUT2D eigenvalue weighted by Crippen LogP contribution is -2.52. The number of aliphatic hydroxyl groups is 1. The lowest BCUT2D eigenvalue weighted by atomic mass is 10.0. The van der Waals surface area contributed by atoms with Gasteiger partial charge in [0, 0.05) is 30.7 Å². The van der Waals surface area contributed by atoms with Crippen LogP contribution in [0.5, 0.6) is 0 Å². The molecular weight excluding hydrogens is 402 g/mol. The Balaban J connectivity index is 1.49. The van der Waals surface area contributed by atoms with Crippen molar-refractivity contribution >= 4 is 17.7 Å². The molecule has 1 aromatic rings. The van der Waals surface area contributed by atoms with Crippen molar-refractivity contribution in [1.29, 1.82) is 0 Å². The summed E-state index contributed by atoms with van der Waals surface area (Å²) in [5, 5.41) is 12.0. The lowest BCUT2D eigenvalue weighted by Gasteiger charge is -2.29. The van der Waals surface area contributed by atoms with Gasteiger partial charge in [-0.25, -0.2) is 0 Å². The maximum atomic E-state index is 12.7. The molecule has 0 aliphatic carbocycles. The third-order valence-corrected chi connectivity index (χ3v) is 5.04. The Bertz CT molecular complexity index is 891. The average Bonchev–Trinajstić information content (AvgIpc) is 3.06. The van der Waals surface area contributed by atoms with Gasteiger partial charge in [-0.1, -0.05) is 11.8 Å². The number of fused-ring (bicyclic) bond motifs is 1. The third-order valence-electron chi connectivity index (χ3n) is 5.04. The second-order valence-electron chi connectivity index (χ2n) is 7.46. The minimum absolute atomic E-state index is 0.122. The van der Waals surface area contributed by atoms with Gasteiger partial charge in [-0.05, 0) is 43.1 Å². The van der Waals surface area contributed by atoms with Crippen molar-refractivity contribution in [2.24, 2.45) is 5.73 Å². The third kappa shape index (κ3) is 6.12. The molecule has 9 nitrogen and oxygen atoms in total. The summed E-state index contributed by atoms with van der Waals surface area (Å²) in [6.45, 7) is 1.83. The second-order valence-corrected chi connectivity index (χ2v) is 7.46. The number of nitrogens with one attached hydrogen (secondary N) is 1. The Labute approximate surface area is 180 Å². The zero-order chi connectivity index (χ0) is 22.2. The predicted octanol–water partition coefficient (Wildman–Crippen LogP) is -0.458. The first-order chi connectivity index (χ1) is 15.0. The van der Waals surface area contributed by atoms with Gasteiger partial charge in [0.1, 0.15) is 18.8 Å². The molecule has 9 heteroatoms. The fourth-order valence-electron chi connectivity index (χ4n) is 3.49. The summed E-state index contributed by atoms with van der Waals surface area (Å²) >= 11 is 0.